The van der Waals surface area contributed by atoms with Crippen molar-refractivity contribution in [2.75, 3.05) is 13.2 Å². The molecule has 15 heavy (non-hydrogen) atoms. The Bertz CT molecular complexity index is 317. The van der Waals surface area contributed by atoms with Gasteiger partial charge in [-0.1, -0.05) is 0 Å². The van der Waals surface area contributed by atoms with Gasteiger partial charge in [-0.15, -0.1) is 0 Å². The van der Waals surface area contributed by atoms with Crippen molar-refractivity contribution >= 4 is 5.97 Å². The molecule has 1 fully saturated rings. The van der Waals surface area contributed by atoms with E-state index in [9.17, 15) is 9.90 Å². The summed E-state index contributed by atoms with van der Waals surface area (Å²) in [4.78, 5) is 11.2. The van der Waals surface area contributed by atoms with Crippen LogP contribution in [0.4, 0.5) is 0 Å². The number of hydrogen-bond acceptors (Lipinski definition) is 3. The number of carbonyl (C=O) groups is 1. The second-order valence-electron chi connectivity index (χ2n) is 3.80. The Morgan fingerprint density at radius 2 is 2.33 bits per heavy atom. The first-order valence-electron chi connectivity index (χ1n) is 5.08. The summed E-state index contributed by atoms with van der Waals surface area (Å²) >= 11 is 0. The van der Waals surface area contributed by atoms with Gasteiger partial charge in [-0.05, 0) is 18.8 Å². The van der Waals surface area contributed by atoms with Gasteiger partial charge in [0.25, 0.3) is 0 Å². The maximum Gasteiger partial charge on any atom is 0.311 e. The summed E-state index contributed by atoms with van der Waals surface area (Å²) in [5.41, 5.74) is 0.759. The number of aliphatic carboxylic acids is 1. The standard InChI is InChI=1S/C10H14N2O3/c13-10(14)9(8-5-11-12-6-8)7-1-3-15-4-2-7/h5-7,9H,1-4H2,(H,11,12)(H,13,14). The highest BCUT2D eigenvalue weighted by Crippen LogP contribution is 2.31. The van der Waals surface area contributed by atoms with Gasteiger partial charge in [0.2, 0.25) is 0 Å². The smallest absolute Gasteiger partial charge is 0.311 e. The quantitative estimate of drug-likeness (QED) is 0.780. The van der Waals surface area contributed by atoms with Crippen molar-refractivity contribution in [1.29, 1.82) is 0 Å². The molecule has 0 bridgehead atoms. The Morgan fingerprint density at radius 1 is 1.60 bits per heavy atom. The molecule has 0 amide bonds. The monoisotopic (exact) mass is 210 g/mol. The molecule has 0 aliphatic carbocycles. The molecular formula is C10H14N2O3. The summed E-state index contributed by atoms with van der Waals surface area (Å²) in [7, 11) is 0. The minimum Gasteiger partial charge on any atom is -0.481 e. The third-order valence-corrected chi connectivity index (χ3v) is 2.88. The molecule has 0 saturated carbocycles. The molecule has 1 aromatic rings. The Balaban J connectivity index is 2.15. The van der Waals surface area contributed by atoms with E-state index >= 15 is 0 Å². The van der Waals surface area contributed by atoms with Gasteiger partial charge in [0.05, 0.1) is 12.1 Å². The molecule has 2 heterocycles. The molecule has 0 radical (unpaired) electrons. The number of hydrogen-bond donors (Lipinski definition) is 2. The molecule has 1 saturated heterocycles. The SMILES string of the molecule is O=C(O)C(c1cn[nH]c1)C1CCOCC1. The van der Waals surface area contributed by atoms with Gasteiger partial charge in [-0.3, -0.25) is 9.89 Å². The Hall–Kier alpha value is -1.36. The summed E-state index contributed by atoms with van der Waals surface area (Å²) in [5, 5.41) is 15.7. The van der Waals surface area contributed by atoms with Gasteiger partial charge in [0, 0.05) is 25.0 Å². The molecule has 0 spiro atoms. The molecular weight excluding hydrogens is 196 g/mol. The molecule has 5 heteroatoms. The van der Waals surface area contributed by atoms with E-state index in [-0.39, 0.29) is 5.92 Å². The van der Waals surface area contributed by atoms with Crippen LogP contribution in [0.5, 0.6) is 0 Å². The first kappa shape index (κ1) is 10.2. The third kappa shape index (κ3) is 2.18. The normalized spacial score (nSPS) is 20.0. The second-order valence-corrected chi connectivity index (χ2v) is 3.80. The van der Waals surface area contributed by atoms with Crippen LogP contribution in [0.2, 0.25) is 0 Å². The molecule has 2 N–H and O–H groups in total. The number of rotatable bonds is 3. The summed E-state index contributed by atoms with van der Waals surface area (Å²) in [5.74, 6) is -1.07. The van der Waals surface area contributed by atoms with E-state index in [4.69, 9.17) is 4.74 Å². The lowest BCUT2D eigenvalue weighted by Gasteiger charge is -2.26. The highest BCUT2D eigenvalue weighted by Gasteiger charge is 2.31. The predicted molar refractivity (Wildman–Crippen MR) is 52.5 cm³/mol. The lowest BCUT2D eigenvalue weighted by atomic mass is 9.82. The average Bonchev–Trinajstić information content (AvgIpc) is 2.72. The maximum atomic E-state index is 11.2. The zero-order chi connectivity index (χ0) is 10.7. The van der Waals surface area contributed by atoms with E-state index < -0.39 is 11.9 Å². The van der Waals surface area contributed by atoms with Crippen LogP contribution in [0.3, 0.4) is 0 Å². The van der Waals surface area contributed by atoms with Crippen LogP contribution in [0, 0.1) is 5.92 Å². The fourth-order valence-corrected chi connectivity index (χ4v) is 2.10. The molecule has 5 nitrogen and oxygen atoms in total. The minimum atomic E-state index is -0.775. The Labute approximate surface area is 87.4 Å². The molecule has 1 aliphatic rings. The van der Waals surface area contributed by atoms with Crippen LogP contribution < -0.4 is 0 Å². The average molecular weight is 210 g/mol. The first-order valence-corrected chi connectivity index (χ1v) is 5.08. The largest absolute Gasteiger partial charge is 0.481 e. The van der Waals surface area contributed by atoms with Crippen molar-refractivity contribution in [3.05, 3.63) is 18.0 Å². The predicted octanol–water partition coefficient (Wildman–Crippen LogP) is 1.00. The van der Waals surface area contributed by atoms with Gasteiger partial charge < -0.3 is 9.84 Å². The van der Waals surface area contributed by atoms with Crippen molar-refractivity contribution < 1.29 is 14.6 Å². The molecule has 1 aromatic heterocycles. The summed E-state index contributed by atoms with van der Waals surface area (Å²) in [6.07, 6.45) is 4.87. The third-order valence-electron chi connectivity index (χ3n) is 2.88. The van der Waals surface area contributed by atoms with Gasteiger partial charge in [-0.2, -0.15) is 5.10 Å². The number of carboxylic acids is 1. The number of nitrogens with one attached hydrogen (secondary N) is 1. The maximum absolute atomic E-state index is 11.2. The van der Waals surface area contributed by atoms with Crippen LogP contribution in [0.15, 0.2) is 12.4 Å². The lowest BCUT2D eigenvalue weighted by Crippen LogP contribution is -2.27. The number of aromatic nitrogens is 2. The Morgan fingerprint density at radius 3 is 2.87 bits per heavy atom. The Kier molecular flexibility index (Phi) is 3.01. The molecule has 82 valence electrons. The van der Waals surface area contributed by atoms with E-state index in [1.807, 2.05) is 0 Å². The highest BCUT2D eigenvalue weighted by atomic mass is 16.5. The van der Waals surface area contributed by atoms with Crippen LogP contribution in [-0.2, 0) is 9.53 Å². The second kappa shape index (κ2) is 4.44. The topological polar surface area (TPSA) is 75.2 Å². The fraction of sp³-hybridized carbons (Fsp3) is 0.600. The zero-order valence-corrected chi connectivity index (χ0v) is 8.35. The van der Waals surface area contributed by atoms with Crippen LogP contribution in [0.1, 0.15) is 24.3 Å². The van der Waals surface area contributed by atoms with Crippen LogP contribution in [-0.4, -0.2) is 34.5 Å². The molecule has 2 rings (SSSR count). The molecule has 0 aromatic carbocycles. The molecule has 1 atom stereocenters. The van der Waals surface area contributed by atoms with Gasteiger partial charge >= 0.3 is 5.97 Å². The highest BCUT2D eigenvalue weighted by molar-refractivity contribution is 5.76. The van der Waals surface area contributed by atoms with Crippen molar-refractivity contribution in [2.45, 2.75) is 18.8 Å². The summed E-state index contributed by atoms with van der Waals surface area (Å²) < 4.78 is 5.23. The molecule has 1 aliphatic heterocycles. The number of ether oxygens (including phenoxy) is 1. The summed E-state index contributed by atoms with van der Waals surface area (Å²) in [6, 6.07) is 0. The number of nitrogens with zero attached hydrogens (tertiary/aromatic N) is 1. The first-order chi connectivity index (χ1) is 7.29. The van der Waals surface area contributed by atoms with E-state index in [0.717, 1.165) is 18.4 Å². The number of aromatic amines is 1. The van der Waals surface area contributed by atoms with Gasteiger partial charge in [-0.25, -0.2) is 0 Å². The van der Waals surface area contributed by atoms with Crippen LogP contribution >= 0.6 is 0 Å². The molecule has 1 unspecified atom stereocenters. The number of carboxylic acid groups (broad SMARTS) is 1. The van der Waals surface area contributed by atoms with Crippen molar-refractivity contribution in [1.82, 2.24) is 10.2 Å². The van der Waals surface area contributed by atoms with Crippen molar-refractivity contribution in [3.8, 4) is 0 Å². The van der Waals surface area contributed by atoms with Crippen molar-refractivity contribution in [3.63, 3.8) is 0 Å². The van der Waals surface area contributed by atoms with E-state index in [0.29, 0.717) is 13.2 Å². The minimum absolute atomic E-state index is 0.161. The van der Waals surface area contributed by atoms with E-state index in [2.05, 4.69) is 10.2 Å². The number of H-pyrrole nitrogens is 1. The van der Waals surface area contributed by atoms with E-state index in [1.165, 1.54) is 0 Å². The lowest BCUT2D eigenvalue weighted by molar-refractivity contribution is -0.141. The van der Waals surface area contributed by atoms with Crippen LogP contribution in [0.25, 0.3) is 0 Å². The fourth-order valence-electron chi connectivity index (χ4n) is 2.10. The zero-order valence-electron chi connectivity index (χ0n) is 8.35. The van der Waals surface area contributed by atoms with Crippen molar-refractivity contribution in [2.24, 2.45) is 5.92 Å². The van der Waals surface area contributed by atoms with Gasteiger partial charge in [0.15, 0.2) is 0 Å². The summed E-state index contributed by atoms with van der Waals surface area (Å²) in [6.45, 7) is 1.32. The van der Waals surface area contributed by atoms with Gasteiger partial charge in [0.1, 0.15) is 0 Å². The van der Waals surface area contributed by atoms with E-state index in [1.54, 1.807) is 12.4 Å².